The maximum atomic E-state index is 13.3. The monoisotopic (exact) mass is 489 g/mol. The van der Waals surface area contributed by atoms with Crippen LogP contribution in [0.25, 0.3) is 22.3 Å². The van der Waals surface area contributed by atoms with Gasteiger partial charge < -0.3 is 9.47 Å². The van der Waals surface area contributed by atoms with E-state index in [0.29, 0.717) is 40.4 Å². The molecule has 3 aromatic carbocycles. The number of hydrogen-bond donors (Lipinski definition) is 0. The molecule has 0 saturated heterocycles. The summed E-state index contributed by atoms with van der Waals surface area (Å²) in [5.41, 5.74) is 1.87. The van der Waals surface area contributed by atoms with Crippen LogP contribution in [0, 0.1) is 0 Å². The van der Waals surface area contributed by atoms with Gasteiger partial charge in [-0.2, -0.15) is 9.78 Å². The van der Waals surface area contributed by atoms with Gasteiger partial charge in [-0.05, 0) is 40.2 Å². The standard InChI is InChI=1S/C25H20BrN3O3/c1-3-13-32-23-15-20(26)18(14-22(23)31-2)16-27-29-24(17-9-5-4-6-10-17)28-21-12-8-7-11-19(21)25(29)30/h3-12,14-16H,1,13H2,2H3. The predicted molar refractivity (Wildman–Crippen MR) is 131 cm³/mol. The molecule has 1 aromatic heterocycles. The molecule has 4 rings (SSSR count). The van der Waals surface area contributed by atoms with E-state index >= 15 is 0 Å². The Morgan fingerprint density at radius 2 is 1.84 bits per heavy atom. The maximum absolute atomic E-state index is 13.3. The third kappa shape index (κ3) is 4.33. The van der Waals surface area contributed by atoms with E-state index in [2.05, 4.69) is 27.6 Å². The van der Waals surface area contributed by atoms with Crippen LogP contribution in [0.15, 0.2) is 93.8 Å². The van der Waals surface area contributed by atoms with Crippen molar-refractivity contribution < 1.29 is 9.47 Å². The summed E-state index contributed by atoms with van der Waals surface area (Å²) >= 11 is 3.54. The maximum Gasteiger partial charge on any atom is 0.282 e. The summed E-state index contributed by atoms with van der Waals surface area (Å²) in [4.78, 5) is 18.0. The van der Waals surface area contributed by atoms with Gasteiger partial charge in [-0.3, -0.25) is 4.79 Å². The molecule has 0 aliphatic heterocycles. The van der Waals surface area contributed by atoms with E-state index in [0.717, 1.165) is 10.0 Å². The normalized spacial score (nSPS) is 11.1. The summed E-state index contributed by atoms with van der Waals surface area (Å²) in [6.45, 7) is 4.02. The summed E-state index contributed by atoms with van der Waals surface area (Å²) < 4.78 is 13.1. The van der Waals surface area contributed by atoms with Crippen molar-refractivity contribution in [3.63, 3.8) is 0 Å². The Balaban J connectivity index is 1.85. The molecule has 6 nitrogen and oxygen atoms in total. The molecule has 0 saturated carbocycles. The molecule has 0 fully saturated rings. The van der Waals surface area contributed by atoms with Gasteiger partial charge in [0, 0.05) is 15.6 Å². The van der Waals surface area contributed by atoms with Crippen LogP contribution in [0.5, 0.6) is 11.5 Å². The van der Waals surface area contributed by atoms with Crippen molar-refractivity contribution in [2.24, 2.45) is 5.10 Å². The minimum absolute atomic E-state index is 0.250. The van der Waals surface area contributed by atoms with Gasteiger partial charge in [0.25, 0.3) is 5.56 Å². The Bertz CT molecular complexity index is 1360. The van der Waals surface area contributed by atoms with E-state index in [9.17, 15) is 4.79 Å². The molecule has 160 valence electrons. The van der Waals surface area contributed by atoms with Crippen molar-refractivity contribution in [2.75, 3.05) is 13.7 Å². The van der Waals surface area contributed by atoms with Gasteiger partial charge in [-0.1, -0.05) is 55.1 Å². The van der Waals surface area contributed by atoms with E-state index < -0.39 is 0 Å². The van der Waals surface area contributed by atoms with E-state index in [4.69, 9.17) is 14.5 Å². The molecule has 1 heterocycles. The van der Waals surface area contributed by atoms with Crippen LogP contribution in [0.3, 0.4) is 0 Å². The molecular weight excluding hydrogens is 470 g/mol. The van der Waals surface area contributed by atoms with Gasteiger partial charge in [0.05, 0.1) is 24.2 Å². The highest BCUT2D eigenvalue weighted by atomic mass is 79.9. The van der Waals surface area contributed by atoms with Crippen molar-refractivity contribution in [3.8, 4) is 22.9 Å². The van der Waals surface area contributed by atoms with Crippen LogP contribution in [0.1, 0.15) is 5.56 Å². The number of methoxy groups -OCH3 is 1. The summed E-state index contributed by atoms with van der Waals surface area (Å²) in [5, 5.41) is 5.00. The van der Waals surface area contributed by atoms with Gasteiger partial charge in [0.2, 0.25) is 0 Å². The Hall–Kier alpha value is -3.71. The lowest BCUT2D eigenvalue weighted by molar-refractivity contribution is 0.326. The van der Waals surface area contributed by atoms with E-state index in [-0.39, 0.29) is 5.56 Å². The number of hydrogen-bond acceptors (Lipinski definition) is 5. The molecule has 0 N–H and O–H groups in total. The van der Waals surface area contributed by atoms with Gasteiger partial charge >= 0.3 is 0 Å². The van der Waals surface area contributed by atoms with Crippen LogP contribution in [-0.2, 0) is 0 Å². The van der Waals surface area contributed by atoms with Crippen LogP contribution >= 0.6 is 15.9 Å². The fourth-order valence-corrected chi connectivity index (χ4v) is 3.62. The number of para-hydroxylation sites is 1. The van der Waals surface area contributed by atoms with Gasteiger partial charge in [0.15, 0.2) is 17.3 Å². The van der Waals surface area contributed by atoms with Crippen molar-refractivity contribution in [3.05, 3.63) is 99.8 Å². The highest BCUT2D eigenvalue weighted by molar-refractivity contribution is 9.10. The number of ether oxygens (including phenoxy) is 2. The van der Waals surface area contributed by atoms with Gasteiger partial charge in [-0.25, -0.2) is 4.98 Å². The molecule has 7 heteroatoms. The fraction of sp³-hybridized carbons (Fsp3) is 0.0800. The van der Waals surface area contributed by atoms with Crippen molar-refractivity contribution in [1.29, 1.82) is 0 Å². The minimum atomic E-state index is -0.250. The molecular formula is C25H20BrN3O3. The SMILES string of the molecule is C=CCOc1cc(Br)c(C=Nn2c(-c3ccccc3)nc3ccccc3c2=O)cc1OC. The second kappa shape index (κ2) is 9.62. The zero-order chi connectivity index (χ0) is 22.5. The van der Waals surface area contributed by atoms with Crippen LogP contribution in [0.4, 0.5) is 0 Å². The number of aromatic nitrogens is 2. The molecule has 0 atom stereocenters. The highest BCUT2D eigenvalue weighted by Gasteiger charge is 2.13. The summed E-state index contributed by atoms with van der Waals surface area (Å²) in [7, 11) is 1.57. The van der Waals surface area contributed by atoms with Crippen molar-refractivity contribution in [1.82, 2.24) is 9.66 Å². The number of benzene rings is 3. The van der Waals surface area contributed by atoms with E-state index in [1.54, 1.807) is 37.6 Å². The van der Waals surface area contributed by atoms with Gasteiger partial charge in [0.1, 0.15) is 6.61 Å². The molecule has 0 aliphatic rings. The predicted octanol–water partition coefficient (Wildman–Crippen LogP) is 5.28. The summed E-state index contributed by atoms with van der Waals surface area (Å²) in [6, 6.07) is 20.3. The first kappa shape index (κ1) is 21.5. The van der Waals surface area contributed by atoms with E-state index in [1.807, 2.05) is 48.5 Å². The summed E-state index contributed by atoms with van der Waals surface area (Å²) in [6.07, 6.45) is 3.25. The first-order valence-electron chi connectivity index (χ1n) is 9.85. The second-order valence-corrected chi connectivity index (χ2v) is 7.66. The van der Waals surface area contributed by atoms with Crippen molar-refractivity contribution >= 4 is 33.0 Å². The number of nitrogens with zero attached hydrogens (tertiary/aromatic N) is 3. The van der Waals surface area contributed by atoms with Crippen LogP contribution in [0.2, 0.25) is 0 Å². The Morgan fingerprint density at radius 3 is 2.59 bits per heavy atom. The average molecular weight is 490 g/mol. The highest BCUT2D eigenvalue weighted by Crippen LogP contribution is 2.33. The number of halogens is 1. The quantitative estimate of drug-likeness (QED) is 0.261. The molecule has 4 aromatic rings. The Morgan fingerprint density at radius 1 is 1.09 bits per heavy atom. The third-order valence-electron chi connectivity index (χ3n) is 4.74. The molecule has 0 aliphatic carbocycles. The largest absolute Gasteiger partial charge is 0.493 e. The minimum Gasteiger partial charge on any atom is -0.493 e. The zero-order valence-corrected chi connectivity index (χ0v) is 19.0. The zero-order valence-electron chi connectivity index (χ0n) is 17.4. The third-order valence-corrected chi connectivity index (χ3v) is 5.42. The molecule has 32 heavy (non-hydrogen) atoms. The Labute approximate surface area is 193 Å². The second-order valence-electron chi connectivity index (χ2n) is 6.80. The lowest BCUT2D eigenvalue weighted by atomic mass is 10.2. The molecule has 0 unspecified atom stereocenters. The van der Waals surface area contributed by atoms with Gasteiger partial charge in [-0.15, -0.1) is 0 Å². The summed E-state index contributed by atoms with van der Waals surface area (Å²) in [5.74, 6) is 1.58. The topological polar surface area (TPSA) is 65.7 Å². The fourth-order valence-electron chi connectivity index (χ4n) is 3.20. The van der Waals surface area contributed by atoms with Crippen LogP contribution in [-0.4, -0.2) is 29.6 Å². The smallest absolute Gasteiger partial charge is 0.282 e. The lowest BCUT2D eigenvalue weighted by Gasteiger charge is -2.12. The van der Waals surface area contributed by atoms with E-state index in [1.165, 1.54) is 4.68 Å². The molecule has 0 radical (unpaired) electrons. The number of rotatable bonds is 7. The number of fused-ring (bicyclic) bond motifs is 1. The Kier molecular flexibility index (Phi) is 6.47. The average Bonchev–Trinajstić information content (AvgIpc) is 2.83. The first-order chi connectivity index (χ1) is 15.6. The first-order valence-corrected chi connectivity index (χ1v) is 10.6. The molecule has 0 amide bonds. The molecule has 0 spiro atoms. The lowest BCUT2D eigenvalue weighted by Crippen LogP contribution is -2.20. The molecule has 0 bridgehead atoms. The van der Waals surface area contributed by atoms with Crippen LogP contribution < -0.4 is 15.0 Å². The van der Waals surface area contributed by atoms with Crippen molar-refractivity contribution in [2.45, 2.75) is 0 Å².